The van der Waals surface area contributed by atoms with Gasteiger partial charge in [-0.2, -0.15) is 0 Å². The largest absolute Gasteiger partial charge is 0.457 e. The number of carbonyl (C=O) groups excluding carboxylic acids is 2. The summed E-state index contributed by atoms with van der Waals surface area (Å²) in [5.74, 6) is -0.306. The van der Waals surface area contributed by atoms with Gasteiger partial charge in [0.2, 0.25) is 11.5 Å². The highest BCUT2D eigenvalue weighted by Gasteiger charge is 2.52. The molecule has 2 atom stereocenters. The third kappa shape index (κ3) is 1.50. The van der Waals surface area contributed by atoms with E-state index in [4.69, 9.17) is 10.5 Å². The van der Waals surface area contributed by atoms with Crippen LogP contribution in [0, 0.1) is 0 Å². The molecule has 2 aliphatic rings. The van der Waals surface area contributed by atoms with E-state index in [1.807, 2.05) is 0 Å². The van der Waals surface area contributed by atoms with Crippen LogP contribution in [0.3, 0.4) is 0 Å². The Morgan fingerprint density at radius 1 is 1.50 bits per heavy atom. The Bertz CT molecular complexity index is 534. The predicted molar refractivity (Wildman–Crippen MR) is 59.6 cm³/mol. The summed E-state index contributed by atoms with van der Waals surface area (Å²) in [7, 11) is 0. The number of carbonyl (C=O) groups is 2. The van der Waals surface area contributed by atoms with E-state index in [2.05, 4.69) is 20.6 Å². The normalized spacial score (nSPS) is 29.6. The molecule has 1 fully saturated rings. The zero-order chi connectivity index (χ0) is 12.8. The molecule has 4 N–H and O–H groups in total. The third-order valence-electron chi connectivity index (χ3n) is 3.11. The SMILES string of the molecule is NC(=O)[C@@H]1C[C@]2(CN1)Oc1nccnc1NC2=O. The van der Waals surface area contributed by atoms with E-state index in [0.29, 0.717) is 0 Å². The number of nitrogens with zero attached hydrogens (tertiary/aromatic N) is 2. The Balaban J connectivity index is 1.92. The molecule has 0 radical (unpaired) electrons. The van der Waals surface area contributed by atoms with Crippen LogP contribution in [0.15, 0.2) is 12.4 Å². The maximum atomic E-state index is 12.1. The molecule has 8 nitrogen and oxygen atoms in total. The molecule has 3 heterocycles. The number of fused-ring (bicyclic) bond motifs is 1. The van der Waals surface area contributed by atoms with Gasteiger partial charge < -0.3 is 21.1 Å². The zero-order valence-corrected chi connectivity index (χ0v) is 9.34. The van der Waals surface area contributed by atoms with Crippen molar-refractivity contribution in [1.29, 1.82) is 0 Å². The van der Waals surface area contributed by atoms with Crippen LogP contribution in [0.1, 0.15) is 6.42 Å². The topological polar surface area (TPSA) is 119 Å². The lowest BCUT2D eigenvalue weighted by atomic mass is 9.97. The summed E-state index contributed by atoms with van der Waals surface area (Å²) in [5, 5.41) is 5.49. The van der Waals surface area contributed by atoms with Crippen molar-refractivity contribution in [1.82, 2.24) is 15.3 Å². The van der Waals surface area contributed by atoms with E-state index in [1.165, 1.54) is 12.4 Å². The van der Waals surface area contributed by atoms with Crippen LogP contribution in [0.25, 0.3) is 0 Å². The maximum absolute atomic E-state index is 12.1. The van der Waals surface area contributed by atoms with Gasteiger partial charge in [0.25, 0.3) is 11.8 Å². The van der Waals surface area contributed by atoms with Gasteiger partial charge in [0.05, 0.1) is 6.04 Å². The second-order valence-electron chi connectivity index (χ2n) is 4.30. The highest BCUT2D eigenvalue weighted by Crippen LogP contribution is 2.34. The first kappa shape index (κ1) is 10.9. The quantitative estimate of drug-likeness (QED) is 0.551. The lowest BCUT2D eigenvalue weighted by Gasteiger charge is -2.32. The molecule has 3 rings (SSSR count). The number of ether oxygens (including phenoxy) is 1. The highest BCUT2D eigenvalue weighted by atomic mass is 16.5. The number of amides is 2. The standard InChI is InChI=1S/C10H11N5O3/c11-6(16)5-3-10(4-14-5)9(17)15-7-8(18-10)13-2-1-12-7/h1-2,5,14H,3-4H2,(H2,11,16)(H,12,15,17)/t5-,10+/m0/s1. The molecule has 1 aromatic rings. The van der Waals surface area contributed by atoms with Crippen LogP contribution in [0.5, 0.6) is 5.88 Å². The predicted octanol–water partition coefficient (Wildman–Crippen LogP) is -1.61. The number of nitrogens with two attached hydrogens (primary N) is 1. The zero-order valence-electron chi connectivity index (χ0n) is 9.34. The number of rotatable bonds is 1. The molecule has 94 valence electrons. The van der Waals surface area contributed by atoms with E-state index in [0.717, 1.165) is 0 Å². The first-order valence-electron chi connectivity index (χ1n) is 5.45. The molecule has 1 saturated heterocycles. The summed E-state index contributed by atoms with van der Waals surface area (Å²) in [6, 6.07) is -0.575. The Hall–Kier alpha value is -2.22. The lowest BCUT2D eigenvalue weighted by molar-refractivity contribution is -0.131. The second kappa shape index (κ2) is 3.64. The van der Waals surface area contributed by atoms with E-state index < -0.39 is 17.6 Å². The van der Waals surface area contributed by atoms with E-state index in [1.54, 1.807) is 0 Å². The first-order chi connectivity index (χ1) is 8.61. The van der Waals surface area contributed by atoms with Crippen molar-refractivity contribution in [3.8, 4) is 5.88 Å². The van der Waals surface area contributed by atoms with Gasteiger partial charge in [-0.05, 0) is 0 Å². The van der Waals surface area contributed by atoms with Gasteiger partial charge in [0.15, 0.2) is 5.82 Å². The van der Waals surface area contributed by atoms with Crippen molar-refractivity contribution in [3.63, 3.8) is 0 Å². The summed E-state index contributed by atoms with van der Waals surface area (Å²) in [6.07, 6.45) is 3.11. The van der Waals surface area contributed by atoms with Crippen molar-refractivity contribution in [2.24, 2.45) is 5.73 Å². The van der Waals surface area contributed by atoms with Crippen molar-refractivity contribution >= 4 is 17.6 Å². The van der Waals surface area contributed by atoms with E-state index >= 15 is 0 Å². The van der Waals surface area contributed by atoms with E-state index in [9.17, 15) is 9.59 Å². The van der Waals surface area contributed by atoms with Crippen molar-refractivity contribution < 1.29 is 14.3 Å². The van der Waals surface area contributed by atoms with Gasteiger partial charge in [-0.3, -0.25) is 9.59 Å². The molecule has 2 amide bonds. The molecule has 0 bridgehead atoms. The molecular weight excluding hydrogens is 238 g/mol. The molecule has 2 aliphatic heterocycles. The smallest absolute Gasteiger partial charge is 0.271 e. The number of anilines is 1. The monoisotopic (exact) mass is 249 g/mol. The summed E-state index contributed by atoms with van der Waals surface area (Å²) >= 11 is 0. The van der Waals surface area contributed by atoms with Gasteiger partial charge in [-0.15, -0.1) is 0 Å². The summed E-state index contributed by atoms with van der Waals surface area (Å²) in [4.78, 5) is 31.1. The first-order valence-corrected chi connectivity index (χ1v) is 5.45. The molecule has 1 spiro atoms. The van der Waals surface area contributed by atoms with Crippen molar-refractivity contribution in [2.45, 2.75) is 18.1 Å². The van der Waals surface area contributed by atoms with Gasteiger partial charge in [0, 0.05) is 25.4 Å². The third-order valence-corrected chi connectivity index (χ3v) is 3.11. The highest BCUT2D eigenvalue weighted by molar-refractivity contribution is 6.00. The van der Waals surface area contributed by atoms with Crippen LogP contribution < -0.4 is 21.1 Å². The van der Waals surface area contributed by atoms with Crippen LogP contribution >= 0.6 is 0 Å². The number of primary amides is 1. The fourth-order valence-electron chi connectivity index (χ4n) is 2.15. The summed E-state index contributed by atoms with van der Waals surface area (Å²) in [5.41, 5.74) is 4.07. The molecule has 8 heteroatoms. The molecule has 0 aliphatic carbocycles. The lowest BCUT2D eigenvalue weighted by Crippen LogP contribution is -2.52. The number of hydrogen-bond donors (Lipinski definition) is 3. The number of hydrogen-bond acceptors (Lipinski definition) is 6. The second-order valence-corrected chi connectivity index (χ2v) is 4.30. The average molecular weight is 249 g/mol. The van der Waals surface area contributed by atoms with E-state index in [-0.39, 0.29) is 30.6 Å². The number of nitrogens with one attached hydrogen (secondary N) is 2. The average Bonchev–Trinajstić information content (AvgIpc) is 2.76. The fraction of sp³-hybridized carbons (Fsp3) is 0.400. The van der Waals surface area contributed by atoms with Crippen LogP contribution in [0.4, 0.5) is 5.82 Å². The fourth-order valence-corrected chi connectivity index (χ4v) is 2.15. The van der Waals surface area contributed by atoms with Gasteiger partial charge in [-0.1, -0.05) is 0 Å². The van der Waals surface area contributed by atoms with Gasteiger partial charge in [0.1, 0.15) is 0 Å². The maximum Gasteiger partial charge on any atom is 0.271 e. The van der Waals surface area contributed by atoms with Crippen molar-refractivity contribution in [3.05, 3.63) is 12.4 Å². The Labute approximate surface area is 102 Å². The van der Waals surface area contributed by atoms with Gasteiger partial charge in [-0.25, -0.2) is 9.97 Å². The summed E-state index contributed by atoms with van der Waals surface area (Å²) < 4.78 is 5.62. The number of aromatic nitrogens is 2. The minimum Gasteiger partial charge on any atom is -0.457 e. The Morgan fingerprint density at radius 3 is 3.00 bits per heavy atom. The minimum atomic E-state index is -1.14. The molecule has 0 aromatic carbocycles. The Kier molecular flexibility index (Phi) is 2.20. The molecule has 0 saturated carbocycles. The van der Waals surface area contributed by atoms with Crippen molar-refractivity contribution in [2.75, 3.05) is 11.9 Å². The van der Waals surface area contributed by atoms with Crippen LogP contribution in [-0.4, -0.2) is 40.0 Å². The Morgan fingerprint density at radius 2 is 2.28 bits per heavy atom. The molecule has 18 heavy (non-hydrogen) atoms. The van der Waals surface area contributed by atoms with Crippen LogP contribution in [-0.2, 0) is 9.59 Å². The molecular formula is C10H11N5O3. The van der Waals surface area contributed by atoms with Crippen LogP contribution in [0.2, 0.25) is 0 Å². The summed E-state index contributed by atoms with van der Waals surface area (Å²) in [6.45, 7) is 0.211. The van der Waals surface area contributed by atoms with Gasteiger partial charge >= 0.3 is 0 Å². The molecule has 0 unspecified atom stereocenters. The molecule has 1 aromatic heterocycles. The minimum absolute atomic E-state index is 0.185.